The highest BCUT2D eigenvalue weighted by molar-refractivity contribution is 5.77. The van der Waals surface area contributed by atoms with Crippen LogP contribution in [0.15, 0.2) is 46.2 Å². The van der Waals surface area contributed by atoms with Gasteiger partial charge < -0.3 is 9.47 Å². The summed E-state index contributed by atoms with van der Waals surface area (Å²) in [5.74, 6) is -0.257. The number of carbonyl (C=O) groups excluding carboxylic acids is 1. The van der Waals surface area contributed by atoms with Crippen molar-refractivity contribution in [2.45, 2.75) is 66.3 Å². The van der Waals surface area contributed by atoms with Crippen LogP contribution in [0.1, 0.15) is 40.2 Å². The molecule has 8 heteroatoms. The molecule has 0 aliphatic rings. The Morgan fingerprint density at radius 3 is 2.23 bits per heavy atom. The standard InChI is InChI=1S/C22H29N5O3/c1-6-24-14-23-20-19(24)21(29)26(13-18(28)27(15(2)3)16(4)5)22(30)25(20)12-17-10-8-7-9-11-17/h7-11,14-16H,6,12-13H2,1-5H3. The second-order valence-electron chi connectivity index (χ2n) is 7.94. The third-order valence-corrected chi connectivity index (χ3v) is 5.20. The van der Waals surface area contributed by atoms with E-state index in [1.165, 1.54) is 4.57 Å². The maximum Gasteiger partial charge on any atom is 0.333 e. The molecule has 0 radical (unpaired) electrons. The number of amides is 1. The quantitative estimate of drug-likeness (QED) is 0.596. The molecule has 2 aromatic heterocycles. The molecule has 160 valence electrons. The fourth-order valence-electron chi connectivity index (χ4n) is 3.92. The van der Waals surface area contributed by atoms with Gasteiger partial charge in [0, 0.05) is 18.6 Å². The van der Waals surface area contributed by atoms with Crippen molar-refractivity contribution in [1.82, 2.24) is 23.6 Å². The lowest BCUT2D eigenvalue weighted by Gasteiger charge is -2.31. The zero-order valence-corrected chi connectivity index (χ0v) is 18.2. The smallest absolute Gasteiger partial charge is 0.333 e. The maximum absolute atomic E-state index is 13.3. The minimum absolute atomic E-state index is 0.0374. The van der Waals surface area contributed by atoms with Gasteiger partial charge in [0.25, 0.3) is 5.56 Å². The Morgan fingerprint density at radius 2 is 1.67 bits per heavy atom. The van der Waals surface area contributed by atoms with Crippen LogP contribution in [0.25, 0.3) is 11.2 Å². The first-order valence-corrected chi connectivity index (χ1v) is 10.3. The minimum Gasteiger partial charge on any atom is -0.336 e. The molecule has 0 N–H and O–H groups in total. The fourth-order valence-corrected chi connectivity index (χ4v) is 3.92. The highest BCUT2D eigenvalue weighted by atomic mass is 16.2. The van der Waals surface area contributed by atoms with Crippen molar-refractivity contribution < 1.29 is 4.79 Å². The summed E-state index contributed by atoms with van der Waals surface area (Å²) in [6.07, 6.45) is 1.56. The summed E-state index contributed by atoms with van der Waals surface area (Å²) in [6, 6.07) is 9.44. The van der Waals surface area contributed by atoms with Gasteiger partial charge in [-0.3, -0.25) is 14.2 Å². The molecule has 0 atom stereocenters. The van der Waals surface area contributed by atoms with Crippen molar-refractivity contribution in [3.63, 3.8) is 0 Å². The van der Waals surface area contributed by atoms with Crippen molar-refractivity contribution >= 4 is 17.1 Å². The Balaban J connectivity index is 2.18. The molecule has 8 nitrogen and oxygen atoms in total. The van der Waals surface area contributed by atoms with Crippen LogP contribution in [0, 0.1) is 0 Å². The van der Waals surface area contributed by atoms with E-state index in [-0.39, 0.29) is 31.1 Å². The monoisotopic (exact) mass is 411 g/mol. The lowest BCUT2D eigenvalue weighted by Crippen LogP contribution is -2.48. The Kier molecular flexibility index (Phi) is 6.24. The van der Waals surface area contributed by atoms with Crippen molar-refractivity contribution in [1.29, 1.82) is 0 Å². The van der Waals surface area contributed by atoms with Gasteiger partial charge in [0.15, 0.2) is 11.2 Å². The van der Waals surface area contributed by atoms with Crippen molar-refractivity contribution in [3.8, 4) is 0 Å². The Labute approximate surface area is 175 Å². The molecule has 0 saturated carbocycles. The van der Waals surface area contributed by atoms with E-state index in [1.54, 1.807) is 15.8 Å². The SMILES string of the molecule is CCn1cnc2c1c(=O)n(CC(=O)N(C(C)C)C(C)C)c(=O)n2Cc1ccccc1. The third-order valence-electron chi connectivity index (χ3n) is 5.20. The summed E-state index contributed by atoms with van der Waals surface area (Å²) < 4.78 is 4.22. The Bertz CT molecular complexity index is 1150. The number of imidazole rings is 1. The predicted octanol–water partition coefficient (Wildman–Crippen LogP) is 2.07. The zero-order chi connectivity index (χ0) is 22.0. The molecule has 30 heavy (non-hydrogen) atoms. The van der Waals surface area contributed by atoms with Gasteiger partial charge in [-0.1, -0.05) is 30.3 Å². The first kappa shape index (κ1) is 21.5. The van der Waals surface area contributed by atoms with Crippen molar-refractivity contribution in [2.24, 2.45) is 0 Å². The van der Waals surface area contributed by atoms with Crippen LogP contribution in [0.3, 0.4) is 0 Å². The molecule has 1 amide bonds. The number of nitrogens with zero attached hydrogens (tertiary/aromatic N) is 5. The van der Waals surface area contributed by atoms with E-state index in [9.17, 15) is 14.4 Å². The van der Waals surface area contributed by atoms with Crippen LogP contribution in [0.2, 0.25) is 0 Å². The molecule has 2 heterocycles. The topological polar surface area (TPSA) is 82.1 Å². The molecule has 0 aliphatic carbocycles. The molecule has 3 aromatic rings. The molecule has 0 saturated heterocycles. The van der Waals surface area contributed by atoms with Gasteiger partial charge in [0.05, 0.1) is 12.9 Å². The van der Waals surface area contributed by atoms with Crippen LogP contribution in [0.4, 0.5) is 0 Å². The van der Waals surface area contributed by atoms with Gasteiger partial charge >= 0.3 is 5.69 Å². The number of aryl methyl sites for hydroxylation is 1. The highest BCUT2D eigenvalue weighted by Gasteiger charge is 2.24. The van der Waals surface area contributed by atoms with Crippen LogP contribution in [0.5, 0.6) is 0 Å². The first-order valence-electron chi connectivity index (χ1n) is 10.3. The number of hydrogen-bond donors (Lipinski definition) is 0. The van der Waals surface area contributed by atoms with Gasteiger partial charge in [-0.05, 0) is 40.2 Å². The molecular formula is C22H29N5O3. The lowest BCUT2D eigenvalue weighted by molar-refractivity contribution is -0.135. The average molecular weight is 412 g/mol. The molecular weight excluding hydrogens is 382 g/mol. The summed E-state index contributed by atoms with van der Waals surface area (Å²) in [5.41, 5.74) is 0.568. The predicted molar refractivity (Wildman–Crippen MR) is 117 cm³/mol. The van der Waals surface area contributed by atoms with E-state index >= 15 is 0 Å². The third kappa shape index (κ3) is 3.94. The van der Waals surface area contributed by atoms with E-state index in [0.717, 1.165) is 10.1 Å². The molecule has 0 bridgehead atoms. The largest absolute Gasteiger partial charge is 0.336 e. The number of fused-ring (bicyclic) bond motifs is 1. The molecule has 1 aromatic carbocycles. The van der Waals surface area contributed by atoms with E-state index in [2.05, 4.69) is 4.98 Å². The van der Waals surface area contributed by atoms with Crippen LogP contribution in [-0.2, 0) is 24.4 Å². The number of aromatic nitrogens is 4. The highest BCUT2D eigenvalue weighted by Crippen LogP contribution is 2.11. The van der Waals surface area contributed by atoms with Crippen molar-refractivity contribution in [2.75, 3.05) is 0 Å². The minimum atomic E-state index is -0.529. The van der Waals surface area contributed by atoms with Gasteiger partial charge in [-0.2, -0.15) is 0 Å². The van der Waals surface area contributed by atoms with E-state index in [4.69, 9.17) is 0 Å². The summed E-state index contributed by atoms with van der Waals surface area (Å²) in [5, 5.41) is 0. The number of carbonyl (C=O) groups is 1. The first-order chi connectivity index (χ1) is 14.3. The summed E-state index contributed by atoms with van der Waals surface area (Å²) >= 11 is 0. The van der Waals surface area contributed by atoms with Crippen LogP contribution < -0.4 is 11.2 Å². The number of rotatable bonds is 7. The van der Waals surface area contributed by atoms with Crippen LogP contribution in [-0.4, -0.2) is 41.6 Å². The van der Waals surface area contributed by atoms with Crippen LogP contribution >= 0.6 is 0 Å². The Hall–Kier alpha value is -3.16. The summed E-state index contributed by atoms with van der Waals surface area (Å²) in [6.45, 7) is 10.1. The van der Waals surface area contributed by atoms with E-state index in [0.29, 0.717) is 17.7 Å². The second-order valence-corrected chi connectivity index (χ2v) is 7.94. The van der Waals surface area contributed by atoms with Gasteiger partial charge in [0.1, 0.15) is 6.54 Å². The molecule has 0 aliphatic heterocycles. The van der Waals surface area contributed by atoms with E-state index < -0.39 is 11.2 Å². The summed E-state index contributed by atoms with van der Waals surface area (Å²) in [7, 11) is 0. The van der Waals surface area contributed by atoms with Crippen molar-refractivity contribution in [3.05, 3.63) is 63.1 Å². The Morgan fingerprint density at radius 1 is 1.03 bits per heavy atom. The van der Waals surface area contributed by atoms with Gasteiger partial charge in [-0.25, -0.2) is 14.3 Å². The molecule has 3 rings (SSSR count). The molecule has 0 unspecified atom stereocenters. The van der Waals surface area contributed by atoms with Gasteiger partial charge in [0.2, 0.25) is 5.91 Å². The van der Waals surface area contributed by atoms with Gasteiger partial charge in [-0.15, -0.1) is 0 Å². The maximum atomic E-state index is 13.3. The molecule has 0 fully saturated rings. The fraction of sp³-hybridized carbons (Fsp3) is 0.455. The average Bonchev–Trinajstić information content (AvgIpc) is 3.13. The second kappa shape index (κ2) is 8.69. The lowest BCUT2D eigenvalue weighted by atomic mass is 10.2. The zero-order valence-electron chi connectivity index (χ0n) is 18.2. The number of benzene rings is 1. The summed E-state index contributed by atoms with van der Waals surface area (Å²) in [4.78, 5) is 45.5. The molecule has 0 spiro atoms. The van der Waals surface area contributed by atoms with E-state index in [1.807, 2.05) is 65.0 Å². The normalized spacial score (nSPS) is 11.6. The number of hydrogen-bond acceptors (Lipinski definition) is 4.